The molecule has 5 heteroatoms. The van der Waals surface area contributed by atoms with Crippen molar-refractivity contribution >= 4 is 38.3 Å². The lowest BCUT2D eigenvalue weighted by atomic mass is 10.1. The molecule has 0 bridgehead atoms. The van der Waals surface area contributed by atoms with E-state index in [9.17, 15) is 0 Å². The first-order chi connectivity index (χ1) is 9.16. The van der Waals surface area contributed by atoms with Crippen molar-refractivity contribution in [1.29, 1.82) is 0 Å². The quantitative estimate of drug-likeness (QED) is 0.646. The molecular formula is C14H11BrClN3. The number of aromatic nitrogens is 3. The second kappa shape index (κ2) is 4.94. The molecule has 0 N–H and O–H groups in total. The van der Waals surface area contributed by atoms with Crippen molar-refractivity contribution in [3.63, 3.8) is 0 Å². The van der Waals surface area contributed by atoms with Gasteiger partial charge in [-0.15, -0.1) is 16.7 Å². The van der Waals surface area contributed by atoms with Crippen LogP contribution < -0.4 is 0 Å². The summed E-state index contributed by atoms with van der Waals surface area (Å²) in [4.78, 5) is 0. The molecule has 3 aromatic rings. The first kappa shape index (κ1) is 12.6. The van der Waals surface area contributed by atoms with Crippen LogP contribution >= 0.6 is 27.5 Å². The van der Waals surface area contributed by atoms with Crippen LogP contribution in [0.4, 0.5) is 0 Å². The van der Waals surface area contributed by atoms with E-state index in [1.165, 1.54) is 0 Å². The summed E-state index contributed by atoms with van der Waals surface area (Å²) in [6.07, 6.45) is 1.87. The first-order valence-electron chi connectivity index (χ1n) is 5.91. The number of rotatable bonds is 2. The Bertz CT molecular complexity index is 736. The zero-order valence-corrected chi connectivity index (χ0v) is 12.6. The molecule has 0 saturated heterocycles. The lowest BCUT2D eigenvalue weighted by Gasteiger charge is -2.07. The number of alkyl halides is 1. The molecule has 1 atom stereocenters. The average Bonchev–Trinajstić information content (AvgIpc) is 2.89. The zero-order chi connectivity index (χ0) is 13.4. The van der Waals surface area contributed by atoms with E-state index in [-0.39, 0.29) is 5.38 Å². The maximum atomic E-state index is 6.02. The highest BCUT2D eigenvalue weighted by Crippen LogP contribution is 2.29. The third-order valence-corrected chi connectivity index (χ3v) is 3.93. The van der Waals surface area contributed by atoms with Gasteiger partial charge in [0.05, 0.1) is 17.3 Å². The Morgan fingerprint density at radius 2 is 1.89 bits per heavy atom. The minimum atomic E-state index is -0.143. The van der Waals surface area contributed by atoms with Crippen LogP contribution in [0.25, 0.3) is 16.5 Å². The molecular weight excluding hydrogens is 326 g/mol. The molecule has 0 fully saturated rings. The monoisotopic (exact) mass is 335 g/mol. The van der Waals surface area contributed by atoms with Crippen LogP contribution in [-0.2, 0) is 0 Å². The van der Waals surface area contributed by atoms with Gasteiger partial charge in [-0.25, -0.2) is 4.68 Å². The zero-order valence-electron chi connectivity index (χ0n) is 10.2. The molecule has 0 saturated carbocycles. The molecule has 0 radical (unpaired) electrons. The molecule has 3 rings (SSSR count). The van der Waals surface area contributed by atoms with Gasteiger partial charge in [0.15, 0.2) is 0 Å². The molecule has 0 aliphatic carbocycles. The Kier molecular flexibility index (Phi) is 3.29. The van der Waals surface area contributed by atoms with Gasteiger partial charge in [-0.3, -0.25) is 0 Å². The van der Waals surface area contributed by atoms with Crippen LogP contribution in [0, 0.1) is 0 Å². The van der Waals surface area contributed by atoms with E-state index < -0.39 is 0 Å². The van der Waals surface area contributed by atoms with Crippen molar-refractivity contribution in [3.8, 4) is 5.69 Å². The highest BCUT2D eigenvalue weighted by molar-refractivity contribution is 9.10. The number of fused-ring (bicyclic) bond motifs is 1. The van der Waals surface area contributed by atoms with Gasteiger partial charge < -0.3 is 0 Å². The van der Waals surface area contributed by atoms with E-state index in [2.05, 4.69) is 38.4 Å². The van der Waals surface area contributed by atoms with Gasteiger partial charge in [-0.2, -0.15) is 0 Å². The molecule has 1 unspecified atom stereocenters. The van der Waals surface area contributed by atoms with Crippen molar-refractivity contribution < 1.29 is 0 Å². The number of benzene rings is 2. The summed E-state index contributed by atoms with van der Waals surface area (Å²) >= 11 is 9.59. The van der Waals surface area contributed by atoms with Crippen LogP contribution in [0.2, 0.25) is 0 Å². The molecule has 19 heavy (non-hydrogen) atoms. The predicted octanol–water partition coefficient (Wildman–Crippen LogP) is 4.48. The molecule has 96 valence electrons. The van der Waals surface area contributed by atoms with E-state index in [1.54, 1.807) is 4.68 Å². The first-order valence-corrected chi connectivity index (χ1v) is 7.13. The van der Waals surface area contributed by atoms with E-state index >= 15 is 0 Å². The van der Waals surface area contributed by atoms with Gasteiger partial charge in [-0.1, -0.05) is 45.4 Å². The predicted molar refractivity (Wildman–Crippen MR) is 80.8 cm³/mol. The lowest BCUT2D eigenvalue weighted by Crippen LogP contribution is -1.96. The Balaban J connectivity index is 2.22. The molecule has 0 amide bonds. The standard InChI is InChI=1S/C14H11BrClN3/c1-9(16)13-8-19(18-17-13)14-7-6-12(15)10-4-2-3-5-11(10)14/h2-9H,1H3. The number of nitrogens with zero attached hydrogens (tertiary/aromatic N) is 3. The number of hydrogen-bond acceptors (Lipinski definition) is 2. The molecule has 0 aliphatic rings. The fraction of sp³-hybridized carbons (Fsp3) is 0.143. The average molecular weight is 337 g/mol. The second-order valence-corrected chi connectivity index (χ2v) is 5.83. The molecule has 3 nitrogen and oxygen atoms in total. The number of hydrogen-bond donors (Lipinski definition) is 0. The summed E-state index contributed by atoms with van der Waals surface area (Å²) in [5, 5.41) is 10.4. The molecule has 0 aliphatic heterocycles. The Morgan fingerprint density at radius 1 is 1.16 bits per heavy atom. The van der Waals surface area contributed by atoms with Crippen molar-refractivity contribution in [2.45, 2.75) is 12.3 Å². The van der Waals surface area contributed by atoms with Crippen molar-refractivity contribution in [2.24, 2.45) is 0 Å². The second-order valence-electron chi connectivity index (χ2n) is 4.32. The minimum Gasteiger partial charge on any atom is -0.220 e. The molecule has 2 aromatic carbocycles. The Morgan fingerprint density at radius 3 is 2.58 bits per heavy atom. The van der Waals surface area contributed by atoms with E-state index in [0.717, 1.165) is 26.6 Å². The Hall–Kier alpha value is -1.39. The van der Waals surface area contributed by atoms with Crippen LogP contribution in [0.5, 0.6) is 0 Å². The van der Waals surface area contributed by atoms with Gasteiger partial charge in [0.1, 0.15) is 5.69 Å². The SMILES string of the molecule is CC(Cl)c1cn(-c2ccc(Br)c3ccccc23)nn1. The van der Waals surface area contributed by atoms with E-state index in [4.69, 9.17) is 11.6 Å². The van der Waals surface area contributed by atoms with Gasteiger partial charge in [0.25, 0.3) is 0 Å². The normalized spacial score (nSPS) is 12.8. The van der Waals surface area contributed by atoms with E-state index in [1.807, 2.05) is 37.4 Å². The van der Waals surface area contributed by atoms with Gasteiger partial charge >= 0.3 is 0 Å². The summed E-state index contributed by atoms with van der Waals surface area (Å²) in [5.41, 5.74) is 1.77. The summed E-state index contributed by atoms with van der Waals surface area (Å²) in [6, 6.07) is 12.2. The highest BCUT2D eigenvalue weighted by Gasteiger charge is 2.10. The van der Waals surface area contributed by atoms with Crippen molar-refractivity contribution in [2.75, 3.05) is 0 Å². The third-order valence-electron chi connectivity index (χ3n) is 3.01. The lowest BCUT2D eigenvalue weighted by molar-refractivity contribution is 0.801. The van der Waals surface area contributed by atoms with Crippen LogP contribution in [0.1, 0.15) is 18.0 Å². The van der Waals surface area contributed by atoms with Crippen LogP contribution in [-0.4, -0.2) is 15.0 Å². The van der Waals surface area contributed by atoms with Crippen molar-refractivity contribution in [3.05, 3.63) is 52.8 Å². The fourth-order valence-electron chi connectivity index (χ4n) is 2.02. The third kappa shape index (κ3) is 2.26. The molecule has 0 spiro atoms. The topological polar surface area (TPSA) is 30.7 Å². The maximum Gasteiger partial charge on any atom is 0.101 e. The van der Waals surface area contributed by atoms with Gasteiger partial charge in [-0.05, 0) is 24.4 Å². The van der Waals surface area contributed by atoms with Crippen molar-refractivity contribution in [1.82, 2.24) is 15.0 Å². The molecule has 1 heterocycles. The smallest absolute Gasteiger partial charge is 0.101 e. The minimum absolute atomic E-state index is 0.143. The van der Waals surface area contributed by atoms with Crippen LogP contribution in [0.3, 0.4) is 0 Å². The largest absolute Gasteiger partial charge is 0.220 e. The summed E-state index contributed by atoms with van der Waals surface area (Å²) < 4.78 is 2.83. The van der Waals surface area contributed by atoms with E-state index in [0.29, 0.717) is 0 Å². The highest BCUT2D eigenvalue weighted by atomic mass is 79.9. The molecule has 1 aromatic heterocycles. The van der Waals surface area contributed by atoms with Gasteiger partial charge in [0, 0.05) is 9.86 Å². The van der Waals surface area contributed by atoms with Crippen LogP contribution in [0.15, 0.2) is 47.1 Å². The summed E-state index contributed by atoms with van der Waals surface area (Å²) in [5.74, 6) is 0. The fourth-order valence-corrected chi connectivity index (χ4v) is 2.60. The maximum absolute atomic E-state index is 6.02. The summed E-state index contributed by atoms with van der Waals surface area (Å²) in [7, 11) is 0. The Labute approximate surface area is 124 Å². The number of halogens is 2. The summed E-state index contributed by atoms with van der Waals surface area (Å²) in [6.45, 7) is 1.88. The van der Waals surface area contributed by atoms with Gasteiger partial charge in [0.2, 0.25) is 0 Å².